The van der Waals surface area contributed by atoms with Gasteiger partial charge in [0, 0.05) is 11.6 Å². The third-order valence-corrected chi connectivity index (χ3v) is 3.40. The second kappa shape index (κ2) is 5.19. The first-order valence-corrected chi connectivity index (χ1v) is 6.59. The van der Waals surface area contributed by atoms with Gasteiger partial charge in [-0.05, 0) is 12.5 Å². The average Bonchev–Trinajstić information content (AvgIpc) is 2.84. The van der Waals surface area contributed by atoms with Gasteiger partial charge in [0.1, 0.15) is 0 Å². The van der Waals surface area contributed by atoms with E-state index < -0.39 is 4.92 Å². The van der Waals surface area contributed by atoms with Crippen LogP contribution in [0.3, 0.4) is 0 Å². The Morgan fingerprint density at radius 2 is 2.18 bits per heavy atom. The lowest BCUT2D eigenvalue weighted by molar-refractivity contribution is -0.385. The summed E-state index contributed by atoms with van der Waals surface area (Å²) in [5.74, 6) is 0.0101. The van der Waals surface area contributed by atoms with Crippen LogP contribution in [0.4, 0.5) is 11.6 Å². The van der Waals surface area contributed by atoms with Crippen molar-refractivity contribution in [2.75, 3.05) is 5.73 Å². The van der Waals surface area contributed by atoms with Crippen LogP contribution in [-0.2, 0) is 6.54 Å². The molecule has 0 fully saturated rings. The van der Waals surface area contributed by atoms with Gasteiger partial charge in [-0.15, -0.1) is 5.10 Å². The molecule has 112 valence electrons. The molecule has 0 unspecified atom stereocenters. The Kier molecular flexibility index (Phi) is 3.33. The lowest BCUT2D eigenvalue weighted by atomic mass is 10.1. The summed E-state index contributed by atoms with van der Waals surface area (Å²) in [7, 11) is 0. The Morgan fingerprint density at radius 1 is 1.41 bits per heavy atom. The molecule has 2 aromatic heterocycles. The molecule has 2 heterocycles. The molecular weight excluding hydrogens is 310 g/mol. The summed E-state index contributed by atoms with van der Waals surface area (Å²) in [6.07, 6.45) is 0. The number of rotatable bonds is 3. The maximum atomic E-state index is 11.0. The number of nitrogens with two attached hydrogens (primary N) is 1. The SMILES string of the molecule is Cc1ccc(Cn2nnc3c(Cl)nc(N)nc32)cc1[N+](=O)[O-]. The predicted octanol–water partition coefficient (Wildman–Crippen LogP) is 1.72. The molecule has 9 nitrogen and oxygen atoms in total. The van der Waals surface area contributed by atoms with E-state index in [1.54, 1.807) is 19.1 Å². The summed E-state index contributed by atoms with van der Waals surface area (Å²) in [5.41, 5.74) is 7.60. The van der Waals surface area contributed by atoms with Crippen LogP contribution in [0, 0.1) is 17.0 Å². The van der Waals surface area contributed by atoms with Gasteiger partial charge < -0.3 is 5.73 Å². The van der Waals surface area contributed by atoms with E-state index in [1.807, 2.05) is 0 Å². The molecule has 0 saturated carbocycles. The highest BCUT2D eigenvalue weighted by Crippen LogP contribution is 2.22. The van der Waals surface area contributed by atoms with Gasteiger partial charge in [0.05, 0.1) is 11.5 Å². The number of aryl methyl sites for hydroxylation is 1. The molecule has 0 aliphatic carbocycles. The van der Waals surface area contributed by atoms with Gasteiger partial charge in [-0.25, -0.2) is 4.68 Å². The molecule has 0 atom stereocenters. The fourth-order valence-corrected chi connectivity index (χ4v) is 2.28. The van der Waals surface area contributed by atoms with Crippen molar-refractivity contribution in [3.63, 3.8) is 0 Å². The number of aromatic nitrogens is 5. The molecule has 0 spiro atoms. The topological polar surface area (TPSA) is 126 Å². The van der Waals surface area contributed by atoms with Gasteiger partial charge in [-0.1, -0.05) is 28.9 Å². The van der Waals surface area contributed by atoms with Crippen LogP contribution in [-0.4, -0.2) is 29.9 Å². The fourth-order valence-electron chi connectivity index (χ4n) is 2.07. The van der Waals surface area contributed by atoms with Crippen molar-refractivity contribution in [2.45, 2.75) is 13.5 Å². The normalized spacial score (nSPS) is 11.0. The van der Waals surface area contributed by atoms with E-state index in [0.717, 1.165) is 0 Å². The molecular formula is C12H10ClN7O2. The molecule has 0 saturated heterocycles. The van der Waals surface area contributed by atoms with Crippen molar-refractivity contribution in [1.29, 1.82) is 0 Å². The van der Waals surface area contributed by atoms with E-state index in [2.05, 4.69) is 20.3 Å². The molecule has 2 N–H and O–H groups in total. The van der Waals surface area contributed by atoms with Gasteiger partial charge in [0.15, 0.2) is 16.3 Å². The Bertz CT molecular complexity index is 893. The lowest BCUT2D eigenvalue weighted by Gasteiger charge is -2.04. The second-order valence-electron chi connectivity index (χ2n) is 4.67. The average molecular weight is 320 g/mol. The highest BCUT2D eigenvalue weighted by Gasteiger charge is 2.15. The number of benzene rings is 1. The molecule has 0 aliphatic heterocycles. The Balaban J connectivity index is 2.04. The van der Waals surface area contributed by atoms with E-state index in [4.69, 9.17) is 17.3 Å². The summed E-state index contributed by atoms with van der Waals surface area (Å²) < 4.78 is 1.47. The minimum atomic E-state index is -0.421. The largest absolute Gasteiger partial charge is 0.368 e. The van der Waals surface area contributed by atoms with Crippen LogP contribution in [0.25, 0.3) is 11.2 Å². The molecule has 0 aliphatic rings. The van der Waals surface area contributed by atoms with E-state index in [9.17, 15) is 10.1 Å². The van der Waals surface area contributed by atoms with Gasteiger partial charge in [0.2, 0.25) is 5.95 Å². The van der Waals surface area contributed by atoms with Crippen LogP contribution in [0.15, 0.2) is 18.2 Å². The number of hydrogen-bond acceptors (Lipinski definition) is 7. The first-order chi connectivity index (χ1) is 10.5. The smallest absolute Gasteiger partial charge is 0.272 e. The molecule has 0 radical (unpaired) electrons. The molecule has 10 heteroatoms. The van der Waals surface area contributed by atoms with Crippen molar-refractivity contribution < 1.29 is 4.92 Å². The number of hydrogen-bond donors (Lipinski definition) is 1. The molecule has 0 bridgehead atoms. The predicted molar refractivity (Wildman–Crippen MR) is 79.5 cm³/mol. The Labute approximate surface area is 128 Å². The van der Waals surface area contributed by atoms with E-state index >= 15 is 0 Å². The van der Waals surface area contributed by atoms with Crippen LogP contribution in [0.2, 0.25) is 5.15 Å². The summed E-state index contributed by atoms with van der Waals surface area (Å²) in [4.78, 5) is 18.4. The van der Waals surface area contributed by atoms with Gasteiger partial charge in [0.25, 0.3) is 5.69 Å². The van der Waals surface area contributed by atoms with Crippen LogP contribution in [0.1, 0.15) is 11.1 Å². The molecule has 3 aromatic rings. The van der Waals surface area contributed by atoms with Crippen molar-refractivity contribution in [3.05, 3.63) is 44.6 Å². The number of halogens is 1. The number of nitro groups is 1. The zero-order valence-corrected chi connectivity index (χ0v) is 12.2. The number of fused-ring (bicyclic) bond motifs is 1. The van der Waals surface area contributed by atoms with Gasteiger partial charge in [-0.3, -0.25) is 10.1 Å². The van der Waals surface area contributed by atoms with E-state index in [1.165, 1.54) is 10.7 Å². The number of anilines is 1. The minimum Gasteiger partial charge on any atom is -0.368 e. The van der Waals surface area contributed by atoms with Gasteiger partial charge >= 0.3 is 0 Å². The van der Waals surface area contributed by atoms with Gasteiger partial charge in [-0.2, -0.15) is 9.97 Å². The Hall–Kier alpha value is -2.81. The molecule has 22 heavy (non-hydrogen) atoms. The highest BCUT2D eigenvalue weighted by molar-refractivity contribution is 6.33. The van der Waals surface area contributed by atoms with Crippen molar-refractivity contribution >= 4 is 34.4 Å². The zero-order chi connectivity index (χ0) is 15.9. The number of nitrogen functional groups attached to an aromatic ring is 1. The lowest BCUT2D eigenvalue weighted by Crippen LogP contribution is -2.05. The maximum Gasteiger partial charge on any atom is 0.272 e. The van der Waals surface area contributed by atoms with Crippen LogP contribution in [0.5, 0.6) is 0 Å². The monoisotopic (exact) mass is 319 g/mol. The van der Waals surface area contributed by atoms with Crippen molar-refractivity contribution in [2.24, 2.45) is 0 Å². The molecule has 1 aromatic carbocycles. The number of nitro benzene ring substituents is 1. The first kappa shape index (κ1) is 14.1. The van der Waals surface area contributed by atoms with Crippen molar-refractivity contribution in [3.8, 4) is 0 Å². The summed E-state index contributed by atoms with van der Waals surface area (Å²) in [6.45, 7) is 1.94. The maximum absolute atomic E-state index is 11.0. The van der Waals surface area contributed by atoms with Crippen LogP contribution < -0.4 is 5.73 Å². The summed E-state index contributed by atoms with van der Waals surface area (Å²) in [6, 6.07) is 4.96. The third kappa shape index (κ3) is 2.42. The fraction of sp³-hybridized carbons (Fsp3) is 0.167. The van der Waals surface area contributed by atoms with E-state index in [0.29, 0.717) is 22.3 Å². The quantitative estimate of drug-likeness (QED) is 0.442. The standard InChI is InChI=1S/C12H10ClN7O2/c1-6-2-3-7(4-8(6)20(21)22)5-19-11-9(17-18-19)10(13)15-12(14)16-11/h2-4H,5H2,1H3,(H2,14,15,16). The van der Waals surface area contributed by atoms with Crippen molar-refractivity contribution in [1.82, 2.24) is 25.0 Å². The summed E-state index contributed by atoms with van der Waals surface area (Å²) >= 11 is 5.93. The highest BCUT2D eigenvalue weighted by atomic mass is 35.5. The molecule has 3 rings (SSSR count). The minimum absolute atomic E-state index is 0.0101. The molecule has 0 amide bonds. The first-order valence-electron chi connectivity index (χ1n) is 6.22. The Morgan fingerprint density at radius 3 is 2.91 bits per heavy atom. The number of nitrogens with zero attached hydrogens (tertiary/aromatic N) is 6. The summed E-state index contributed by atoms with van der Waals surface area (Å²) in [5, 5.41) is 18.9. The van der Waals surface area contributed by atoms with Crippen LogP contribution >= 0.6 is 11.6 Å². The zero-order valence-electron chi connectivity index (χ0n) is 11.4. The van der Waals surface area contributed by atoms with E-state index in [-0.39, 0.29) is 23.3 Å². The second-order valence-corrected chi connectivity index (χ2v) is 5.03. The third-order valence-electron chi connectivity index (χ3n) is 3.14.